The van der Waals surface area contributed by atoms with Crippen molar-refractivity contribution in [3.63, 3.8) is 0 Å². The van der Waals surface area contributed by atoms with Gasteiger partial charge >= 0.3 is 0 Å². The second-order valence-electron chi connectivity index (χ2n) is 6.64. The van der Waals surface area contributed by atoms with E-state index in [9.17, 15) is 0 Å². The highest BCUT2D eigenvalue weighted by Gasteiger charge is 2.59. The second-order valence-corrected chi connectivity index (χ2v) is 6.64. The monoisotopic (exact) mass is 219 g/mol. The van der Waals surface area contributed by atoms with Crippen LogP contribution < -0.4 is 5.32 Å². The van der Waals surface area contributed by atoms with Gasteiger partial charge in [0.25, 0.3) is 0 Å². The summed E-state index contributed by atoms with van der Waals surface area (Å²) in [5, 5.41) is 3.74. The molecular weight excluding hydrogens is 194 g/mol. The third-order valence-electron chi connectivity index (χ3n) is 5.25. The minimum Gasteiger partial charge on any atom is -0.300 e. The first-order valence-corrected chi connectivity index (χ1v) is 6.66. The van der Waals surface area contributed by atoms with E-state index in [1.54, 1.807) is 0 Å². The van der Waals surface area contributed by atoms with Crippen molar-refractivity contribution in [2.45, 2.75) is 65.5 Å². The molecule has 2 rings (SSSR count). The lowest BCUT2D eigenvalue weighted by atomic mass is 9.68. The molecule has 2 saturated carbocycles. The molecule has 2 bridgehead atoms. The SMILES string of the molecule is C#CC(CC)NC1C(C)(C)[C@H]2CC[C@]1(C)C2. The van der Waals surface area contributed by atoms with Crippen LogP contribution in [0.15, 0.2) is 0 Å². The third kappa shape index (κ3) is 1.59. The number of fused-ring (bicyclic) bond motifs is 2. The Morgan fingerprint density at radius 3 is 2.56 bits per heavy atom. The third-order valence-corrected chi connectivity index (χ3v) is 5.25. The lowest BCUT2D eigenvalue weighted by Gasteiger charge is -2.44. The lowest BCUT2D eigenvalue weighted by molar-refractivity contribution is 0.104. The van der Waals surface area contributed by atoms with Gasteiger partial charge in [0.05, 0.1) is 6.04 Å². The number of hydrogen-bond donors (Lipinski definition) is 1. The Hall–Kier alpha value is -0.480. The predicted octanol–water partition coefficient (Wildman–Crippen LogP) is 3.20. The zero-order valence-electron chi connectivity index (χ0n) is 11.1. The Kier molecular flexibility index (Phi) is 2.83. The van der Waals surface area contributed by atoms with Gasteiger partial charge in [-0.15, -0.1) is 6.42 Å². The topological polar surface area (TPSA) is 12.0 Å². The quantitative estimate of drug-likeness (QED) is 0.719. The molecule has 0 radical (unpaired) electrons. The molecule has 2 fully saturated rings. The molecule has 2 aliphatic carbocycles. The van der Waals surface area contributed by atoms with Gasteiger partial charge in [-0.25, -0.2) is 0 Å². The molecule has 1 N–H and O–H groups in total. The molecule has 90 valence electrons. The number of rotatable bonds is 3. The van der Waals surface area contributed by atoms with Gasteiger partial charge in [-0.1, -0.05) is 33.6 Å². The van der Waals surface area contributed by atoms with Crippen LogP contribution in [0.25, 0.3) is 0 Å². The molecular formula is C15H25N. The maximum atomic E-state index is 5.58. The first-order valence-electron chi connectivity index (χ1n) is 6.66. The van der Waals surface area contributed by atoms with E-state index in [-0.39, 0.29) is 6.04 Å². The first kappa shape index (κ1) is 12.0. The van der Waals surface area contributed by atoms with Crippen LogP contribution in [-0.4, -0.2) is 12.1 Å². The van der Waals surface area contributed by atoms with Crippen LogP contribution in [0, 0.1) is 29.1 Å². The second kappa shape index (κ2) is 3.77. The predicted molar refractivity (Wildman–Crippen MR) is 69.1 cm³/mol. The van der Waals surface area contributed by atoms with E-state index in [1.165, 1.54) is 19.3 Å². The smallest absolute Gasteiger partial charge is 0.0686 e. The van der Waals surface area contributed by atoms with Gasteiger partial charge in [-0.05, 0) is 42.4 Å². The summed E-state index contributed by atoms with van der Waals surface area (Å²) in [7, 11) is 0. The highest BCUT2D eigenvalue weighted by atomic mass is 15.0. The van der Waals surface area contributed by atoms with E-state index in [0.29, 0.717) is 16.9 Å². The first-order chi connectivity index (χ1) is 7.44. The number of nitrogens with one attached hydrogen (secondary N) is 1. The molecule has 0 aromatic rings. The van der Waals surface area contributed by atoms with Crippen molar-refractivity contribution in [3.8, 4) is 12.3 Å². The fraction of sp³-hybridized carbons (Fsp3) is 0.867. The highest BCUT2D eigenvalue weighted by Crippen LogP contribution is 2.62. The highest BCUT2D eigenvalue weighted by molar-refractivity contribution is 5.14. The van der Waals surface area contributed by atoms with Gasteiger partial charge in [0, 0.05) is 6.04 Å². The molecule has 0 spiro atoms. The Morgan fingerprint density at radius 2 is 2.12 bits per heavy atom. The normalized spacial score (nSPS) is 41.9. The van der Waals surface area contributed by atoms with Crippen molar-refractivity contribution in [2.75, 3.05) is 0 Å². The van der Waals surface area contributed by atoms with Crippen molar-refractivity contribution in [1.29, 1.82) is 0 Å². The largest absolute Gasteiger partial charge is 0.300 e. The molecule has 16 heavy (non-hydrogen) atoms. The summed E-state index contributed by atoms with van der Waals surface area (Å²) in [5.41, 5.74) is 0.899. The van der Waals surface area contributed by atoms with Gasteiger partial charge < -0.3 is 0 Å². The molecule has 0 aromatic heterocycles. The Balaban J connectivity index is 2.17. The van der Waals surface area contributed by atoms with Crippen LogP contribution in [-0.2, 0) is 0 Å². The molecule has 2 aliphatic rings. The standard InChI is InChI=1S/C15H25N/c1-6-12(7-2)16-13-14(3,4)11-8-9-15(13,5)10-11/h1,11-13,16H,7-10H2,2-5H3/t11-,12?,13?,15+/m0/s1. The summed E-state index contributed by atoms with van der Waals surface area (Å²) in [5.74, 6) is 3.78. The van der Waals surface area contributed by atoms with E-state index in [1.807, 2.05) is 0 Å². The van der Waals surface area contributed by atoms with E-state index >= 15 is 0 Å². The number of terminal acetylenes is 1. The molecule has 0 aromatic carbocycles. The van der Waals surface area contributed by atoms with Gasteiger partial charge in [-0.3, -0.25) is 5.32 Å². The van der Waals surface area contributed by atoms with Crippen LogP contribution >= 0.6 is 0 Å². The Morgan fingerprint density at radius 1 is 1.44 bits per heavy atom. The van der Waals surface area contributed by atoms with Crippen LogP contribution in [0.4, 0.5) is 0 Å². The molecule has 1 heteroatoms. The maximum absolute atomic E-state index is 5.58. The van der Waals surface area contributed by atoms with E-state index in [0.717, 1.165) is 12.3 Å². The van der Waals surface area contributed by atoms with E-state index in [2.05, 4.69) is 38.9 Å². The maximum Gasteiger partial charge on any atom is 0.0686 e. The number of hydrogen-bond acceptors (Lipinski definition) is 1. The van der Waals surface area contributed by atoms with Gasteiger partial charge in [0.1, 0.15) is 0 Å². The average Bonchev–Trinajstić information content (AvgIpc) is 2.69. The van der Waals surface area contributed by atoms with Crippen molar-refractivity contribution in [2.24, 2.45) is 16.7 Å². The van der Waals surface area contributed by atoms with E-state index < -0.39 is 0 Å². The Bertz CT molecular complexity index is 307. The molecule has 0 amide bonds. The summed E-state index contributed by atoms with van der Waals surface area (Å²) in [6.07, 6.45) is 10.8. The molecule has 2 unspecified atom stereocenters. The minimum atomic E-state index is 0.250. The Labute approximate surface area is 100 Å². The molecule has 4 atom stereocenters. The van der Waals surface area contributed by atoms with Crippen LogP contribution in [0.3, 0.4) is 0 Å². The zero-order valence-corrected chi connectivity index (χ0v) is 11.1. The summed E-state index contributed by atoms with van der Waals surface area (Å²) in [6.45, 7) is 9.45. The minimum absolute atomic E-state index is 0.250. The van der Waals surface area contributed by atoms with Gasteiger partial charge in [-0.2, -0.15) is 0 Å². The van der Waals surface area contributed by atoms with Crippen LogP contribution in [0.5, 0.6) is 0 Å². The lowest BCUT2D eigenvalue weighted by Crippen LogP contribution is -2.53. The summed E-state index contributed by atoms with van der Waals surface area (Å²) < 4.78 is 0. The van der Waals surface area contributed by atoms with Crippen molar-refractivity contribution < 1.29 is 0 Å². The fourth-order valence-corrected chi connectivity index (χ4v) is 4.20. The van der Waals surface area contributed by atoms with Crippen molar-refractivity contribution in [1.82, 2.24) is 5.32 Å². The van der Waals surface area contributed by atoms with Crippen LogP contribution in [0.2, 0.25) is 0 Å². The zero-order chi connectivity index (χ0) is 12.0. The average molecular weight is 219 g/mol. The summed E-state index contributed by atoms with van der Waals surface area (Å²) >= 11 is 0. The van der Waals surface area contributed by atoms with Gasteiger partial charge in [0.2, 0.25) is 0 Å². The fourth-order valence-electron chi connectivity index (χ4n) is 4.20. The molecule has 0 saturated heterocycles. The molecule has 0 aliphatic heterocycles. The molecule has 1 nitrogen and oxygen atoms in total. The van der Waals surface area contributed by atoms with Crippen LogP contribution in [0.1, 0.15) is 53.4 Å². The van der Waals surface area contributed by atoms with Crippen molar-refractivity contribution in [3.05, 3.63) is 0 Å². The summed E-state index contributed by atoms with van der Waals surface area (Å²) in [4.78, 5) is 0. The summed E-state index contributed by atoms with van der Waals surface area (Å²) in [6, 6.07) is 0.847. The van der Waals surface area contributed by atoms with Gasteiger partial charge in [0.15, 0.2) is 0 Å². The van der Waals surface area contributed by atoms with E-state index in [4.69, 9.17) is 6.42 Å². The molecule has 0 heterocycles. The van der Waals surface area contributed by atoms with Crippen molar-refractivity contribution >= 4 is 0 Å².